The molecule has 0 bridgehead atoms. The molecule has 8 nitrogen and oxygen atoms in total. The summed E-state index contributed by atoms with van der Waals surface area (Å²) in [6, 6.07) is 5.94. The number of nitrogens with zero attached hydrogens (tertiary/aromatic N) is 1. The van der Waals surface area contributed by atoms with Crippen LogP contribution in [0.1, 0.15) is 24.2 Å². The Labute approximate surface area is 159 Å². The molecule has 2 heterocycles. The minimum absolute atomic E-state index is 0.0149. The normalized spacial score (nSPS) is 29.6. The van der Waals surface area contributed by atoms with E-state index >= 15 is 0 Å². The quantitative estimate of drug-likeness (QED) is 0.635. The Morgan fingerprint density at radius 3 is 2.41 bits per heavy atom. The summed E-state index contributed by atoms with van der Waals surface area (Å²) >= 11 is 0. The highest BCUT2D eigenvalue weighted by molar-refractivity contribution is 7.89. The molecule has 3 N–H and O–H groups in total. The molecule has 4 unspecified atom stereocenters. The summed E-state index contributed by atoms with van der Waals surface area (Å²) < 4.78 is 32.7. The fourth-order valence-electron chi connectivity index (χ4n) is 3.51. The number of benzene rings is 1. The predicted octanol–water partition coefficient (Wildman–Crippen LogP) is -0.205. The molecule has 0 aromatic heterocycles. The SMILES string of the molecule is CC1CN(S(=O)(=O)c2ccc(C(=O)NCC3CNCC3O)cc2)CC(C)O1. The molecule has 0 spiro atoms. The third-order valence-corrected chi connectivity index (χ3v) is 6.82. The van der Waals surface area contributed by atoms with Crippen LogP contribution in [0.25, 0.3) is 0 Å². The zero-order chi connectivity index (χ0) is 19.6. The molecule has 2 saturated heterocycles. The fourth-order valence-corrected chi connectivity index (χ4v) is 5.10. The molecular formula is C18H27N3O5S. The van der Waals surface area contributed by atoms with Crippen molar-refractivity contribution in [2.75, 3.05) is 32.7 Å². The molecule has 0 saturated carbocycles. The van der Waals surface area contributed by atoms with Gasteiger partial charge in [0.25, 0.3) is 5.91 Å². The van der Waals surface area contributed by atoms with Crippen molar-refractivity contribution in [3.63, 3.8) is 0 Å². The maximum absolute atomic E-state index is 12.8. The summed E-state index contributed by atoms with van der Waals surface area (Å²) in [7, 11) is -3.62. The van der Waals surface area contributed by atoms with Crippen LogP contribution in [-0.4, -0.2) is 74.8 Å². The van der Waals surface area contributed by atoms with Crippen LogP contribution in [0.3, 0.4) is 0 Å². The van der Waals surface area contributed by atoms with E-state index in [9.17, 15) is 18.3 Å². The van der Waals surface area contributed by atoms with E-state index in [2.05, 4.69) is 10.6 Å². The average Bonchev–Trinajstić information content (AvgIpc) is 3.04. The van der Waals surface area contributed by atoms with Crippen molar-refractivity contribution in [1.29, 1.82) is 0 Å². The van der Waals surface area contributed by atoms with E-state index in [0.29, 0.717) is 38.3 Å². The van der Waals surface area contributed by atoms with Gasteiger partial charge in [0.1, 0.15) is 0 Å². The van der Waals surface area contributed by atoms with Gasteiger partial charge in [-0.05, 0) is 38.1 Å². The number of aliphatic hydroxyl groups excluding tert-OH is 1. The van der Waals surface area contributed by atoms with Crippen LogP contribution in [0.5, 0.6) is 0 Å². The summed E-state index contributed by atoms with van der Waals surface area (Å²) in [5.41, 5.74) is 0.387. The molecule has 0 radical (unpaired) electrons. The molecule has 3 rings (SSSR count). The molecule has 0 aliphatic carbocycles. The number of aliphatic hydroxyl groups is 1. The van der Waals surface area contributed by atoms with Crippen molar-refractivity contribution in [3.8, 4) is 0 Å². The smallest absolute Gasteiger partial charge is 0.251 e. The maximum Gasteiger partial charge on any atom is 0.251 e. The molecule has 9 heteroatoms. The lowest BCUT2D eigenvalue weighted by Crippen LogP contribution is -2.48. The minimum atomic E-state index is -3.62. The Morgan fingerprint density at radius 1 is 1.22 bits per heavy atom. The van der Waals surface area contributed by atoms with Gasteiger partial charge in [-0.25, -0.2) is 8.42 Å². The largest absolute Gasteiger partial charge is 0.391 e. The van der Waals surface area contributed by atoms with E-state index in [1.54, 1.807) is 0 Å². The molecule has 1 aromatic rings. The first-order chi connectivity index (χ1) is 12.8. The number of sulfonamides is 1. The molecule has 4 atom stereocenters. The van der Waals surface area contributed by atoms with E-state index in [1.807, 2.05) is 13.8 Å². The second kappa shape index (κ2) is 8.24. The van der Waals surface area contributed by atoms with Crippen LogP contribution < -0.4 is 10.6 Å². The van der Waals surface area contributed by atoms with Crippen LogP contribution in [-0.2, 0) is 14.8 Å². The van der Waals surface area contributed by atoms with Gasteiger partial charge < -0.3 is 20.5 Å². The number of carbonyl (C=O) groups is 1. The van der Waals surface area contributed by atoms with Crippen molar-refractivity contribution >= 4 is 15.9 Å². The van der Waals surface area contributed by atoms with Crippen LogP contribution in [0, 0.1) is 5.92 Å². The van der Waals surface area contributed by atoms with Gasteiger partial charge in [0.15, 0.2) is 0 Å². The van der Waals surface area contributed by atoms with Gasteiger partial charge in [-0.15, -0.1) is 0 Å². The molecule has 2 aliphatic rings. The van der Waals surface area contributed by atoms with E-state index < -0.39 is 16.1 Å². The summed E-state index contributed by atoms with van der Waals surface area (Å²) in [6.07, 6.45) is -0.779. The van der Waals surface area contributed by atoms with Crippen LogP contribution in [0.15, 0.2) is 29.2 Å². The second-order valence-corrected chi connectivity index (χ2v) is 9.24. The second-order valence-electron chi connectivity index (χ2n) is 7.30. The molecule has 150 valence electrons. The standard InChI is InChI=1S/C18H27N3O5S/c1-12-10-21(11-13(2)26-12)27(24,25)16-5-3-14(4-6-16)18(23)20-8-15-7-19-9-17(15)22/h3-6,12-13,15,17,19,22H,7-11H2,1-2H3,(H,20,23). The topological polar surface area (TPSA) is 108 Å². The monoisotopic (exact) mass is 397 g/mol. The lowest BCUT2D eigenvalue weighted by molar-refractivity contribution is -0.0440. The van der Waals surface area contributed by atoms with E-state index in [-0.39, 0.29) is 28.9 Å². The number of carbonyl (C=O) groups excluding carboxylic acids is 1. The Hall–Kier alpha value is -1.52. The number of amides is 1. The lowest BCUT2D eigenvalue weighted by atomic mass is 10.1. The molecular weight excluding hydrogens is 370 g/mol. The van der Waals surface area contributed by atoms with Gasteiger partial charge in [-0.2, -0.15) is 4.31 Å². The third-order valence-electron chi connectivity index (χ3n) is 4.97. The number of ether oxygens (including phenoxy) is 1. The van der Waals surface area contributed by atoms with Crippen molar-refractivity contribution in [2.24, 2.45) is 5.92 Å². The van der Waals surface area contributed by atoms with Crippen molar-refractivity contribution < 1.29 is 23.1 Å². The molecule has 27 heavy (non-hydrogen) atoms. The van der Waals surface area contributed by atoms with Gasteiger partial charge in [-0.3, -0.25) is 4.79 Å². The Bertz CT molecular complexity index is 758. The molecule has 1 aromatic carbocycles. The number of hydrogen-bond donors (Lipinski definition) is 3. The lowest BCUT2D eigenvalue weighted by Gasteiger charge is -2.34. The first-order valence-electron chi connectivity index (χ1n) is 9.20. The van der Waals surface area contributed by atoms with Gasteiger partial charge in [-0.1, -0.05) is 0 Å². The summed E-state index contributed by atoms with van der Waals surface area (Å²) in [4.78, 5) is 12.4. The Balaban J connectivity index is 1.64. The Kier molecular flexibility index (Phi) is 6.17. The average molecular weight is 397 g/mol. The zero-order valence-electron chi connectivity index (χ0n) is 15.6. The molecule has 2 aliphatic heterocycles. The number of rotatable bonds is 5. The third kappa shape index (κ3) is 4.67. The maximum atomic E-state index is 12.8. The number of β-amino-alcohol motifs (C(OH)–C–C–N with tert-alkyl or cyclic N) is 1. The van der Waals surface area contributed by atoms with E-state index in [1.165, 1.54) is 28.6 Å². The van der Waals surface area contributed by atoms with Crippen molar-refractivity contribution in [1.82, 2.24) is 14.9 Å². The first kappa shape index (κ1) is 20.2. The van der Waals surface area contributed by atoms with Crippen molar-refractivity contribution in [2.45, 2.75) is 37.1 Å². The fraction of sp³-hybridized carbons (Fsp3) is 0.611. The number of morpholine rings is 1. The highest BCUT2D eigenvalue weighted by atomic mass is 32.2. The summed E-state index contributed by atoms with van der Waals surface area (Å²) in [6.45, 7) is 5.89. The summed E-state index contributed by atoms with van der Waals surface area (Å²) in [5.74, 6) is -0.300. The van der Waals surface area contributed by atoms with Crippen LogP contribution >= 0.6 is 0 Å². The summed E-state index contributed by atoms with van der Waals surface area (Å²) in [5, 5.41) is 15.6. The highest BCUT2D eigenvalue weighted by Crippen LogP contribution is 2.21. The molecule has 2 fully saturated rings. The van der Waals surface area contributed by atoms with Gasteiger partial charge in [0, 0.05) is 44.2 Å². The zero-order valence-corrected chi connectivity index (χ0v) is 16.4. The first-order valence-corrected chi connectivity index (χ1v) is 10.6. The van der Waals surface area contributed by atoms with E-state index in [4.69, 9.17) is 4.74 Å². The van der Waals surface area contributed by atoms with E-state index in [0.717, 1.165) is 0 Å². The predicted molar refractivity (Wildman–Crippen MR) is 99.9 cm³/mol. The highest BCUT2D eigenvalue weighted by Gasteiger charge is 2.32. The molecule has 1 amide bonds. The van der Waals surface area contributed by atoms with Gasteiger partial charge in [0.05, 0.1) is 23.2 Å². The Morgan fingerprint density at radius 2 is 1.85 bits per heavy atom. The van der Waals surface area contributed by atoms with Crippen molar-refractivity contribution in [3.05, 3.63) is 29.8 Å². The number of nitrogens with one attached hydrogen (secondary N) is 2. The van der Waals surface area contributed by atoms with Crippen LogP contribution in [0.2, 0.25) is 0 Å². The minimum Gasteiger partial charge on any atom is -0.391 e. The van der Waals surface area contributed by atoms with Gasteiger partial charge in [0.2, 0.25) is 10.0 Å². The van der Waals surface area contributed by atoms with Gasteiger partial charge >= 0.3 is 0 Å². The van der Waals surface area contributed by atoms with Crippen LogP contribution in [0.4, 0.5) is 0 Å². The number of hydrogen-bond acceptors (Lipinski definition) is 6.